The Kier molecular flexibility index (Phi) is 6.22. The maximum absolute atomic E-state index is 12.6. The second-order valence-electron chi connectivity index (χ2n) is 6.71. The molecule has 1 amide bonds. The molecule has 6 heteroatoms. The molecular weight excluding hydrogens is 354 g/mol. The summed E-state index contributed by atoms with van der Waals surface area (Å²) in [5.41, 5.74) is 2.78. The second kappa shape index (κ2) is 8.99. The number of nitrogens with one attached hydrogen (secondary N) is 1. The van der Waals surface area contributed by atoms with Crippen LogP contribution in [0.4, 0.5) is 0 Å². The lowest BCUT2D eigenvalue weighted by Crippen LogP contribution is -2.39. The first kappa shape index (κ1) is 19.4. The molecule has 0 unspecified atom stereocenters. The summed E-state index contributed by atoms with van der Waals surface area (Å²) < 4.78 is 5.21. The normalized spacial score (nSPS) is 10.7. The number of ether oxygens (including phenoxy) is 1. The minimum absolute atomic E-state index is 0.0109. The van der Waals surface area contributed by atoms with Gasteiger partial charge in [0.25, 0.3) is 5.91 Å². The lowest BCUT2D eigenvalue weighted by molar-refractivity contribution is -0.136. The van der Waals surface area contributed by atoms with Crippen molar-refractivity contribution in [2.24, 2.45) is 0 Å². The van der Waals surface area contributed by atoms with Gasteiger partial charge in [-0.25, -0.2) is 4.79 Å². The van der Waals surface area contributed by atoms with Crippen molar-refractivity contribution in [1.82, 2.24) is 15.1 Å². The summed E-state index contributed by atoms with van der Waals surface area (Å²) in [7, 11) is 0. The fourth-order valence-corrected chi connectivity index (χ4v) is 2.81. The van der Waals surface area contributed by atoms with Crippen molar-refractivity contribution in [2.75, 3.05) is 6.61 Å². The van der Waals surface area contributed by atoms with Crippen molar-refractivity contribution in [3.63, 3.8) is 0 Å². The highest BCUT2D eigenvalue weighted by Gasteiger charge is 2.20. The standard InChI is InChI=1S/C22H23N3O3/c1-16(2)25(14-17-9-5-3-6-10-17)21(26)15-28-22(27)20-13-19(23-24-20)18-11-7-4-8-12-18/h3-13,16H,14-15H2,1-2H3,(H,23,24). The molecule has 144 valence electrons. The molecule has 3 rings (SSSR count). The van der Waals surface area contributed by atoms with E-state index in [2.05, 4.69) is 10.2 Å². The number of aromatic nitrogens is 2. The maximum atomic E-state index is 12.6. The van der Waals surface area contributed by atoms with Crippen LogP contribution in [-0.4, -0.2) is 39.6 Å². The third-order valence-corrected chi connectivity index (χ3v) is 4.33. The summed E-state index contributed by atoms with van der Waals surface area (Å²) in [6, 6.07) is 20.8. The zero-order valence-electron chi connectivity index (χ0n) is 16.0. The average Bonchev–Trinajstić information content (AvgIpc) is 3.21. The Labute approximate surface area is 164 Å². The number of benzene rings is 2. The number of H-pyrrole nitrogens is 1. The van der Waals surface area contributed by atoms with Gasteiger partial charge in [-0.1, -0.05) is 60.7 Å². The number of aromatic amines is 1. The van der Waals surface area contributed by atoms with E-state index in [1.54, 1.807) is 11.0 Å². The minimum Gasteiger partial charge on any atom is -0.451 e. The number of esters is 1. The smallest absolute Gasteiger partial charge is 0.356 e. The fraction of sp³-hybridized carbons (Fsp3) is 0.227. The van der Waals surface area contributed by atoms with Gasteiger partial charge in [-0.3, -0.25) is 9.89 Å². The Balaban J connectivity index is 1.60. The predicted octanol–water partition coefficient (Wildman–Crippen LogP) is 3.67. The van der Waals surface area contributed by atoms with Crippen LogP contribution in [0.25, 0.3) is 11.3 Å². The first-order chi connectivity index (χ1) is 13.5. The van der Waals surface area contributed by atoms with Crippen molar-refractivity contribution < 1.29 is 14.3 Å². The molecule has 0 aliphatic heterocycles. The molecule has 1 N–H and O–H groups in total. The van der Waals surface area contributed by atoms with Gasteiger partial charge in [-0.15, -0.1) is 0 Å². The van der Waals surface area contributed by atoms with Crippen LogP contribution in [-0.2, 0) is 16.1 Å². The van der Waals surface area contributed by atoms with Crippen LogP contribution in [0.2, 0.25) is 0 Å². The molecule has 2 aromatic carbocycles. The number of hydrogen-bond acceptors (Lipinski definition) is 4. The Morgan fingerprint density at radius 1 is 1.04 bits per heavy atom. The summed E-state index contributed by atoms with van der Waals surface area (Å²) in [5, 5.41) is 6.80. The van der Waals surface area contributed by atoms with E-state index in [-0.39, 0.29) is 24.2 Å². The molecular formula is C22H23N3O3. The predicted molar refractivity (Wildman–Crippen MR) is 106 cm³/mol. The SMILES string of the molecule is CC(C)N(Cc1ccccc1)C(=O)COC(=O)c1cc(-c2ccccc2)n[nH]1. The van der Waals surface area contributed by atoms with Gasteiger partial charge in [-0.05, 0) is 25.5 Å². The first-order valence-corrected chi connectivity index (χ1v) is 9.16. The number of hydrogen-bond donors (Lipinski definition) is 1. The third kappa shape index (κ3) is 4.85. The van der Waals surface area contributed by atoms with Gasteiger partial charge in [0.1, 0.15) is 5.69 Å². The summed E-state index contributed by atoms with van der Waals surface area (Å²) in [6.45, 7) is 4.02. The van der Waals surface area contributed by atoms with Gasteiger partial charge >= 0.3 is 5.97 Å². The molecule has 0 bridgehead atoms. The van der Waals surface area contributed by atoms with Crippen LogP contribution in [0.1, 0.15) is 29.9 Å². The molecule has 0 saturated carbocycles. The van der Waals surface area contributed by atoms with Crippen LogP contribution < -0.4 is 0 Å². The van der Waals surface area contributed by atoms with E-state index >= 15 is 0 Å². The molecule has 6 nitrogen and oxygen atoms in total. The van der Waals surface area contributed by atoms with E-state index in [0.717, 1.165) is 11.1 Å². The zero-order chi connectivity index (χ0) is 19.9. The molecule has 28 heavy (non-hydrogen) atoms. The molecule has 0 aliphatic carbocycles. The van der Waals surface area contributed by atoms with Gasteiger partial charge in [0.05, 0.1) is 5.69 Å². The van der Waals surface area contributed by atoms with Crippen LogP contribution in [0.5, 0.6) is 0 Å². The molecule has 0 aliphatic rings. The maximum Gasteiger partial charge on any atom is 0.356 e. The molecule has 1 aromatic heterocycles. The first-order valence-electron chi connectivity index (χ1n) is 9.16. The van der Waals surface area contributed by atoms with E-state index in [0.29, 0.717) is 12.2 Å². The van der Waals surface area contributed by atoms with Gasteiger partial charge in [0.2, 0.25) is 0 Å². The quantitative estimate of drug-likeness (QED) is 0.638. The topological polar surface area (TPSA) is 75.3 Å². The molecule has 0 radical (unpaired) electrons. The van der Waals surface area contributed by atoms with Crippen molar-refractivity contribution >= 4 is 11.9 Å². The van der Waals surface area contributed by atoms with E-state index in [1.807, 2.05) is 74.5 Å². The van der Waals surface area contributed by atoms with Crippen LogP contribution in [0.15, 0.2) is 66.7 Å². The van der Waals surface area contributed by atoms with Gasteiger partial charge in [0, 0.05) is 18.2 Å². The monoisotopic (exact) mass is 377 g/mol. The number of amides is 1. The largest absolute Gasteiger partial charge is 0.451 e. The Morgan fingerprint density at radius 3 is 2.32 bits per heavy atom. The number of carbonyl (C=O) groups excluding carboxylic acids is 2. The van der Waals surface area contributed by atoms with E-state index in [4.69, 9.17) is 4.74 Å². The highest BCUT2D eigenvalue weighted by atomic mass is 16.5. The Bertz CT molecular complexity index is 920. The highest BCUT2D eigenvalue weighted by molar-refractivity contribution is 5.90. The summed E-state index contributed by atoms with van der Waals surface area (Å²) in [5.74, 6) is -0.846. The summed E-state index contributed by atoms with van der Waals surface area (Å²) in [6.07, 6.45) is 0. The Morgan fingerprint density at radius 2 is 1.68 bits per heavy atom. The second-order valence-corrected chi connectivity index (χ2v) is 6.71. The highest BCUT2D eigenvalue weighted by Crippen LogP contribution is 2.17. The Hall–Kier alpha value is -3.41. The third-order valence-electron chi connectivity index (χ3n) is 4.33. The molecule has 1 heterocycles. The lowest BCUT2D eigenvalue weighted by Gasteiger charge is -2.26. The average molecular weight is 377 g/mol. The molecule has 0 fully saturated rings. The van der Waals surface area contributed by atoms with Crippen molar-refractivity contribution in [3.05, 3.63) is 78.0 Å². The molecule has 0 atom stereocenters. The molecule has 0 saturated heterocycles. The van der Waals surface area contributed by atoms with Gasteiger partial charge in [0.15, 0.2) is 6.61 Å². The number of rotatable bonds is 7. The summed E-state index contributed by atoms with van der Waals surface area (Å²) >= 11 is 0. The van der Waals surface area contributed by atoms with E-state index in [9.17, 15) is 9.59 Å². The lowest BCUT2D eigenvalue weighted by atomic mass is 10.1. The van der Waals surface area contributed by atoms with Crippen molar-refractivity contribution in [3.8, 4) is 11.3 Å². The zero-order valence-corrected chi connectivity index (χ0v) is 16.0. The van der Waals surface area contributed by atoms with E-state index in [1.165, 1.54) is 0 Å². The van der Waals surface area contributed by atoms with Crippen molar-refractivity contribution in [2.45, 2.75) is 26.4 Å². The van der Waals surface area contributed by atoms with Crippen LogP contribution in [0, 0.1) is 0 Å². The van der Waals surface area contributed by atoms with Crippen molar-refractivity contribution in [1.29, 1.82) is 0 Å². The van der Waals surface area contributed by atoms with Gasteiger partial charge < -0.3 is 9.64 Å². The van der Waals surface area contributed by atoms with Crippen LogP contribution in [0.3, 0.4) is 0 Å². The summed E-state index contributed by atoms with van der Waals surface area (Å²) in [4.78, 5) is 26.5. The number of carbonyl (C=O) groups is 2. The molecule has 0 spiro atoms. The number of nitrogens with zero attached hydrogens (tertiary/aromatic N) is 2. The van der Waals surface area contributed by atoms with Gasteiger partial charge in [-0.2, -0.15) is 5.10 Å². The minimum atomic E-state index is -0.605. The van der Waals surface area contributed by atoms with E-state index < -0.39 is 5.97 Å². The van der Waals surface area contributed by atoms with Crippen LogP contribution >= 0.6 is 0 Å². The molecule has 3 aromatic rings. The fourth-order valence-electron chi connectivity index (χ4n) is 2.81.